The van der Waals surface area contributed by atoms with E-state index >= 15 is 9.13 Å². The molecule has 18 aromatic carbocycles. The van der Waals surface area contributed by atoms with Crippen LogP contribution in [-0.4, -0.2) is 16.1 Å². The Morgan fingerprint density at radius 2 is 0.565 bits per heavy atom. The molecule has 24 rings (SSSR count). The molecule has 124 heavy (non-hydrogen) atoms. The van der Waals surface area contributed by atoms with Gasteiger partial charge in [0.15, 0.2) is 30.4 Å². The molecule has 1 N–H and O–H groups in total. The normalized spacial score (nSPS) is 16.6. The van der Waals surface area contributed by atoms with Crippen LogP contribution in [0, 0.1) is 27.7 Å². The predicted molar refractivity (Wildman–Crippen MR) is 524 cm³/mol. The molecule has 2 spiro atoms. The van der Waals surface area contributed by atoms with E-state index < -0.39 is 35.8 Å². The molecule has 590 valence electrons. The molecule has 18 aromatic rings. The topological polar surface area (TPSA) is 49.4 Å². The standard InChI is InChI=1S/C57H42NOPSi.C30H22ClOPSi.C27H21N.K.H/c1-39-30-33-51-49(36-39)57(47-26-14-12-24-45(47)46-25-13-15-27-48(46)57)50-37-40(2)31-34-52(50)58(51)41-32-35-54-56(38-41)61(43-20-8-4-9-21-43,44-22-10-5-11-23-44)55-29-17-16-28-53(55)60(54,59)42-18-6-3-7-19-42;31-23-20-21-28-30(22-23)34(25-14-6-2-7-15-25,26-16-8-3-9-17-26)29-19-11-10-18-27(29)33(28,32)24-12-4-1-5-13-24;1-17-11-13-25-23(15-17)27(24-16-18(2)12-14-26(24)28-25)21-9-5-3-7-19(21)20-8-4-6-10-22(20)27;;/h3-38H,1-2H3;1-22H;3-16,28H,1-2H3;;/q;;;+1;-1. The summed E-state index contributed by atoms with van der Waals surface area (Å²) in [7, 11) is -12.4. The van der Waals surface area contributed by atoms with E-state index in [1.165, 1.54) is 137 Å². The van der Waals surface area contributed by atoms with Crippen LogP contribution in [0.4, 0.5) is 28.4 Å². The van der Waals surface area contributed by atoms with Crippen LogP contribution in [0.15, 0.2) is 437 Å². The van der Waals surface area contributed by atoms with Crippen LogP contribution < -0.4 is 135 Å². The largest absolute Gasteiger partial charge is 1.00 e. The summed E-state index contributed by atoms with van der Waals surface area (Å²) in [5.41, 5.74) is 25.9. The maximum atomic E-state index is 16.6. The van der Waals surface area contributed by atoms with Crippen molar-refractivity contribution in [1.82, 2.24) is 0 Å². The van der Waals surface area contributed by atoms with Crippen LogP contribution in [0.2, 0.25) is 5.02 Å². The van der Waals surface area contributed by atoms with E-state index in [0.29, 0.717) is 5.02 Å². The van der Waals surface area contributed by atoms with E-state index in [0.717, 1.165) is 54.1 Å². The fraction of sp³-hybridized carbons (Fsp3) is 0.0526. The molecule has 4 aliphatic heterocycles. The van der Waals surface area contributed by atoms with Gasteiger partial charge in [-0.2, -0.15) is 0 Å². The van der Waals surface area contributed by atoms with Gasteiger partial charge in [0.1, 0.15) is 0 Å². The quantitative estimate of drug-likeness (QED) is 0.128. The number of fused-ring (bicyclic) bond motifs is 22. The van der Waals surface area contributed by atoms with Gasteiger partial charge in [-0.15, -0.1) is 0 Å². The van der Waals surface area contributed by atoms with Crippen molar-refractivity contribution in [3.63, 3.8) is 0 Å². The van der Waals surface area contributed by atoms with Gasteiger partial charge in [0.05, 0.1) is 22.2 Å². The Balaban J connectivity index is 0.000000130. The fourth-order valence-corrected chi connectivity index (χ4v) is 41.7. The minimum atomic E-state index is -3.35. The molecular weight excluding hydrogens is 1620 g/mol. The van der Waals surface area contributed by atoms with E-state index in [-0.39, 0.29) is 58.2 Å². The summed E-state index contributed by atoms with van der Waals surface area (Å²) in [5, 5.41) is 19.5. The van der Waals surface area contributed by atoms with Crippen molar-refractivity contribution >= 4 is 144 Å². The van der Waals surface area contributed by atoms with Gasteiger partial charge >= 0.3 is 51.4 Å². The molecule has 0 radical (unpaired) electrons. The van der Waals surface area contributed by atoms with Crippen molar-refractivity contribution in [2.75, 3.05) is 10.2 Å². The fourth-order valence-electron chi connectivity index (χ4n) is 22.1. The van der Waals surface area contributed by atoms with E-state index in [1.807, 2.05) is 66.7 Å². The Hall–Kier alpha value is -11.6. The second-order valence-electron chi connectivity index (χ2n) is 33.5. The first kappa shape index (κ1) is 79.6. The average molecular weight is 1710 g/mol. The number of aryl methyl sites for hydroxylation is 4. The first-order valence-electron chi connectivity index (χ1n) is 42.4. The van der Waals surface area contributed by atoms with E-state index in [9.17, 15) is 0 Å². The van der Waals surface area contributed by atoms with Gasteiger partial charge in [-0.1, -0.05) is 410 Å². The maximum absolute atomic E-state index is 16.6. The van der Waals surface area contributed by atoms with Crippen molar-refractivity contribution in [3.05, 3.63) is 509 Å². The van der Waals surface area contributed by atoms with Crippen molar-refractivity contribution in [1.29, 1.82) is 0 Å². The number of hydrogen-bond donors (Lipinski definition) is 1. The monoisotopic (exact) mass is 1710 g/mol. The second kappa shape index (κ2) is 31.3. The summed E-state index contributed by atoms with van der Waals surface area (Å²) in [6.45, 7) is 8.81. The number of hydrogen-bond acceptors (Lipinski definition) is 4. The van der Waals surface area contributed by atoms with Gasteiger partial charge in [0.25, 0.3) is 0 Å². The van der Waals surface area contributed by atoms with E-state index in [4.69, 9.17) is 11.6 Å². The van der Waals surface area contributed by atoms with Gasteiger partial charge in [-0.3, -0.25) is 0 Å². The zero-order chi connectivity index (χ0) is 83.0. The summed E-state index contributed by atoms with van der Waals surface area (Å²) >= 11 is 6.68. The summed E-state index contributed by atoms with van der Waals surface area (Å²) in [5.74, 6) is 0. The Morgan fingerprint density at radius 1 is 0.274 bits per heavy atom. The molecule has 0 saturated heterocycles. The summed E-state index contributed by atoms with van der Waals surface area (Å²) in [6, 6.07) is 157. The molecule has 0 saturated carbocycles. The summed E-state index contributed by atoms with van der Waals surface area (Å²) in [4.78, 5) is 2.50. The van der Waals surface area contributed by atoms with Crippen molar-refractivity contribution in [3.8, 4) is 22.3 Å². The average Bonchev–Trinajstić information content (AvgIpc) is 1.65. The summed E-state index contributed by atoms with van der Waals surface area (Å²) in [6.07, 6.45) is 0. The first-order chi connectivity index (χ1) is 60.3. The molecule has 0 fully saturated rings. The van der Waals surface area contributed by atoms with Crippen LogP contribution in [-0.2, 0) is 20.0 Å². The molecule has 10 heteroatoms. The third-order valence-corrected chi connectivity index (χ3v) is 44.1. The van der Waals surface area contributed by atoms with Crippen molar-refractivity contribution in [2.45, 2.75) is 38.5 Å². The Labute approximate surface area is 777 Å². The van der Waals surface area contributed by atoms with E-state index in [1.54, 1.807) is 0 Å². The predicted octanol–water partition coefficient (Wildman–Crippen LogP) is 17.3. The number of anilines is 5. The number of nitrogens with zero attached hydrogens (tertiary/aromatic N) is 1. The second-order valence-corrected chi connectivity index (χ2v) is 46.8. The number of halogens is 1. The van der Waals surface area contributed by atoms with Gasteiger partial charge in [-0.05, 0) is 197 Å². The molecule has 2 atom stereocenters. The van der Waals surface area contributed by atoms with Crippen molar-refractivity contribution < 1.29 is 61.9 Å². The zero-order valence-corrected chi connectivity index (χ0v) is 77.3. The maximum Gasteiger partial charge on any atom is 1.00 e. The minimum Gasteiger partial charge on any atom is -1.00 e. The third-order valence-electron chi connectivity index (χ3n) is 27.0. The van der Waals surface area contributed by atoms with Gasteiger partial charge in [-0.25, -0.2) is 0 Å². The number of nitrogens with one attached hydrogen (secondary N) is 1. The molecule has 2 unspecified atom stereocenters. The first-order valence-corrected chi connectivity index (χ1v) is 50.2. The third kappa shape index (κ3) is 11.7. The van der Waals surface area contributed by atoms with Crippen LogP contribution in [0.1, 0.15) is 68.2 Å². The van der Waals surface area contributed by atoms with Crippen LogP contribution >= 0.6 is 25.9 Å². The number of benzene rings is 18. The molecule has 4 nitrogen and oxygen atoms in total. The van der Waals surface area contributed by atoms with Crippen molar-refractivity contribution in [2.24, 2.45) is 0 Å². The molecule has 2 aliphatic carbocycles. The molecule has 0 amide bonds. The zero-order valence-electron chi connectivity index (χ0n) is 70.6. The van der Waals surface area contributed by atoms with Crippen LogP contribution in [0.5, 0.6) is 0 Å². The number of rotatable bonds is 7. The van der Waals surface area contributed by atoms with Gasteiger partial charge in [0, 0.05) is 53.9 Å². The molecular formula is C114H86ClKN2O2P2Si2. The Kier molecular flexibility index (Phi) is 20.1. The summed E-state index contributed by atoms with van der Waals surface area (Å²) < 4.78 is 31.9. The SMILES string of the molecule is Cc1ccc2c(c1)C1(c3cc(C)ccc3N2)c2ccccc2-c2ccccc21.Cc1ccc2c(c1)C1(c3ccccc3-c3ccccc31)c1cc(C)ccc1N2c1ccc2c(c1)[Si](c1ccccc1)(c1ccccc1)c1ccccc1P2(=O)c1ccccc1.O=P1(c2ccccc2)c2ccccc2[Si](c2ccccc2)(c2ccccc2)c2cc(Cl)ccc21.[H-].[K+]. The van der Waals surface area contributed by atoms with Gasteiger partial charge < -0.3 is 20.8 Å². The van der Waals surface area contributed by atoms with Gasteiger partial charge in [0.2, 0.25) is 0 Å². The molecule has 4 heterocycles. The smallest absolute Gasteiger partial charge is 1.00 e. The molecule has 0 bridgehead atoms. The Morgan fingerprint density at radius 3 is 0.944 bits per heavy atom. The molecule has 6 aliphatic rings. The van der Waals surface area contributed by atoms with E-state index in [2.05, 4.69) is 408 Å². The van der Waals surface area contributed by atoms with Crippen LogP contribution in [0.3, 0.4) is 0 Å². The minimum absolute atomic E-state index is 0. The van der Waals surface area contributed by atoms with Crippen LogP contribution in [0.25, 0.3) is 22.3 Å². The Bertz CT molecular complexity index is 7130. The molecule has 0 aromatic heterocycles.